The van der Waals surface area contributed by atoms with Crippen molar-refractivity contribution < 1.29 is 9.53 Å². The van der Waals surface area contributed by atoms with E-state index in [4.69, 9.17) is 4.74 Å². The molecule has 0 saturated carbocycles. The fourth-order valence-electron chi connectivity index (χ4n) is 1.57. The molecule has 1 aromatic carbocycles. The third kappa shape index (κ3) is 2.32. The molecule has 0 aliphatic heterocycles. The molecule has 1 amide bonds. The van der Waals surface area contributed by atoms with Crippen LogP contribution in [0.25, 0.3) is 0 Å². The molecule has 0 spiro atoms. The Kier molecular flexibility index (Phi) is 3.27. The third-order valence-corrected chi connectivity index (χ3v) is 2.73. The highest BCUT2D eigenvalue weighted by molar-refractivity contribution is 6.04. The quantitative estimate of drug-likeness (QED) is 0.863. The standard InChI is InChI=1S/C12H14N4O2/c1-7-5-4-6-9(8(7)2)10(17)13-11-14-12(18-3)16-15-11/h4-6H,1-3H3,(H2,13,14,15,16,17). The monoisotopic (exact) mass is 246 g/mol. The maximum absolute atomic E-state index is 12.0. The summed E-state index contributed by atoms with van der Waals surface area (Å²) in [6.07, 6.45) is 0. The Hall–Kier alpha value is -2.37. The van der Waals surface area contributed by atoms with Crippen LogP contribution in [-0.2, 0) is 0 Å². The van der Waals surface area contributed by atoms with Crippen LogP contribution in [0.2, 0.25) is 0 Å². The fourth-order valence-corrected chi connectivity index (χ4v) is 1.57. The van der Waals surface area contributed by atoms with Crippen molar-refractivity contribution in [3.05, 3.63) is 34.9 Å². The molecule has 6 heteroatoms. The first kappa shape index (κ1) is 12.1. The third-order valence-electron chi connectivity index (χ3n) is 2.73. The van der Waals surface area contributed by atoms with Crippen LogP contribution in [0, 0.1) is 13.8 Å². The molecule has 6 nitrogen and oxygen atoms in total. The Morgan fingerprint density at radius 2 is 2.17 bits per heavy atom. The second-order valence-corrected chi connectivity index (χ2v) is 3.87. The van der Waals surface area contributed by atoms with Gasteiger partial charge in [0.2, 0.25) is 5.95 Å². The number of nitrogens with zero attached hydrogens (tertiary/aromatic N) is 2. The highest BCUT2D eigenvalue weighted by Gasteiger charge is 2.12. The zero-order valence-corrected chi connectivity index (χ0v) is 10.4. The molecule has 0 bridgehead atoms. The minimum absolute atomic E-state index is 0.186. The van der Waals surface area contributed by atoms with Gasteiger partial charge in [-0.1, -0.05) is 12.1 Å². The van der Waals surface area contributed by atoms with Crippen molar-refractivity contribution in [1.82, 2.24) is 15.2 Å². The fraction of sp³-hybridized carbons (Fsp3) is 0.250. The van der Waals surface area contributed by atoms with E-state index in [9.17, 15) is 4.79 Å². The second-order valence-electron chi connectivity index (χ2n) is 3.87. The number of hydrogen-bond acceptors (Lipinski definition) is 4. The number of rotatable bonds is 3. The lowest BCUT2D eigenvalue weighted by atomic mass is 10.0. The number of anilines is 1. The van der Waals surface area contributed by atoms with Crippen molar-refractivity contribution in [3.8, 4) is 6.01 Å². The summed E-state index contributed by atoms with van der Waals surface area (Å²) in [5, 5.41) is 8.95. The summed E-state index contributed by atoms with van der Waals surface area (Å²) >= 11 is 0. The average Bonchev–Trinajstić information content (AvgIpc) is 2.80. The van der Waals surface area contributed by atoms with E-state index in [0.29, 0.717) is 5.56 Å². The molecule has 0 atom stereocenters. The Labute approximate surface area is 104 Å². The van der Waals surface area contributed by atoms with E-state index in [1.807, 2.05) is 26.0 Å². The number of aryl methyl sites for hydroxylation is 1. The first-order chi connectivity index (χ1) is 8.61. The van der Waals surface area contributed by atoms with Crippen molar-refractivity contribution in [3.63, 3.8) is 0 Å². The van der Waals surface area contributed by atoms with E-state index in [2.05, 4.69) is 20.5 Å². The Balaban J connectivity index is 2.19. The topological polar surface area (TPSA) is 79.9 Å². The molecule has 0 aliphatic carbocycles. The van der Waals surface area contributed by atoms with Crippen LogP contribution in [-0.4, -0.2) is 28.2 Å². The SMILES string of the molecule is COc1n[nH]c(NC(=O)c2cccc(C)c2C)n1. The molecule has 1 heterocycles. The van der Waals surface area contributed by atoms with Gasteiger partial charge in [-0.2, -0.15) is 4.98 Å². The summed E-state index contributed by atoms with van der Waals surface area (Å²) in [5.41, 5.74) is 2.63. The maximum Gasteiger partial charge on any atom is 0.336 e. The maximum atomic E-state index is 12.0. The van der Waals surface area contributed by atoms with Gasteiger partial charge in [0.1, 0.15) is 0 Å². The minimum atomic E-state index is -0.227. The van der Waals surface area contributed by atoms with Crippen molar-refractivity contribution in [1.29, 1.82) is 0 Å². The highest BCUT2D eigenvalue weighted by Crippen LogP contribution is 2.14. The second kappa shape index (κ2) is 4.87. The Morgan fingerprint density at radius 1 is 1.39 bits per heavy atom. The van der Waals surface area contributed by atoms with E-state index in [0.717, 1.165) is 11.1 Å². The van der Waals surface area contributed by atoms with Crippen molar-refractivity contribution >= 4 is 11.9 Å². The lowest BCUT2D eigenvalue weighted by Gasteiger charge is -2.07. The van der Waals surface area contributed by atoms with Gasteiger partial charge in [-0.25, -0.2) is 5.10 Å². The lowest BCUT2D eigenvalue weighted by molar-refractivity contribution is 0.102. The molecule has 2 rings (SSSR count). The molecule has 1 aromatic heterocycles. The minimum Gasteiger partial charge on any atom is -0.466 e. The zero-order valence-electron chi connectivity index (χ0n) is 10.4. The van der Waals surface area contributed by atoms with Crippen LogP contribution in [0.1, 0.15) is 21.5 Å². The van der Waals surface area contributed by atoms with Crippen molar-refractivity contribution in [2.75, 3.05) is 12.4 Å². The van der Waals surface area contributed by atoms with Gasteiger partial charge in [-0.05, 0) is 31.0 Å². The molecule has 0 unspecified atom stereocenters. The first-order valence-corrected chi connectivity index (χ1v) is 5.45. The van der Waals surface area contributed by atoms with Crippen LogP contribution in [0.3, 0.4) is 0 Å². The van der Waals surface area contributed by atoms with Gasteiger partial charge in [0.15, 0.2) is 0 Å². The summed E-state index contributed by atoms with van der Waals surface area (Å²) in [5.74, 6) is 0.0350. The number of aromatic nitrogens is 3. The smallest absolute Gasteiger partial charge is 0.336 e. The average molecular weight is 246 g/mol. The van der Waals surface area contributed by atoms with Crippen LogP contribution in [0.15, 0.2) is 18.2 Å². The number of methoxy groups -OCH3 is 1. The van der Waals surface area contributed by atoms with Crippen LogP contribution >= 0.6 is 0 Å². The molecular formula is C12H14N4O2. The van der Waals surface area contributed by atoms with E-state index in [1.54, 1.807) is 6.07 Å². The number of aromatic amines is 1. The molecule has 18 heavy (non-hydrogen) atoms. The number of carbonyl (C=O) groups excluding carboxylic acids is 1. The molecule has 0 saturated heterocycles. The molecular weight excluding hydrogens is 232 g/mol. The van der Waals surface area contributed by atoms with E-state index in [1.165, 1.54) is 7.11 Å². The van der Waals surface area contributed by atoms with E-state index >= 15 is 0 Å². The number of nitrogens with one attached hydrogen (secondary N) is 2. The van der Waals surface area contributed by atoms with Gasteiger partial charge >= 0.3 is 6.01 Å². The molecule has 2 N–H and O–H groups in total. The summed E-state index contributed by atoms with van der Waals surface area (Å²) in [4.78, 5) is 16.0. The molecule has 0 radical (unpaired) electrons. The molecule has 2 aromatic rings. The van der Waals surface area contributed by atoms with Gasteiger partial charge in [-0.15, -0.1) is 5.10 Å². The van der Waals surface area contributed by atoms with Crippen LogP contribution in [0.5, 0.6) is 6.01 Å². The summed E-state index contributed by atoms with van der Waals surface area (Å²) < 4.78 is 4.82. The summed E-state index contributed by atoms with van der Waals surface area (Å²) in [6.45, 7) is 3.87. The molecule has 0 aliphatic rings. The van der Waals surface area contributed by atoms with Crippen LogP contribution in [0.4, 0.5) is 5.95 Å². The number of hydrogen-bond donors (Lipinski definition) is 2. The molecule has 0 fully saturated rings. The van der Waals surface area contributed by atoms with Crippen molar-refractivity contribution in [2.24, 2.45) is 0 Å². The normalized spacial score (nSPS) is 10.2. The van der Waals surface area contributed by atoms with Gasteiger partial charge in [0, 0.05) is 5.56 Å². The predicted octanol–water partition coefficient (Wildman–Crippen LogP) is 1.68. The zero-order chi connectivity index (χ0) is 13.1. The Morgan fingerprint density at radius 3 is 2.83 bits per heavy atom. The number of amides is 1. The van der Waals surface area contributed by atoms with Gasteiger partial charge < -0.3 is 4.74 Å². The highest BCUT2D eigenvalue weighted by atomic mass is 16.5. The number of carbonyl (C=O) groups is 1. The summed E-state index contributed by atoms with van der Waals surface area (Å²) in [7, 11) is 1.46. The van der Waals surface area contributed by atoms with Gasteiger partial charge in [0.05, 0.1) is 7.11 Å². The number of benzene rings is 1. The van der Waals surface area contributed by atoms with Gasteiger partial charge in [0.25, 0.3) is 5.91 Å². The summed E-state index contributed by atoms with van der Waals surface area (Å²) in [6, 6.07) is 5.76. The number of H-pyrrole nitrogens is 1. The van der Waals surface area contributed by atoms with Crippen molar-refractivity contribution in [2.45, 2.75) is 13.8 Å². The van der Waals surface area contributed by atoms with E-state index in [-0.39, 0.29) is 17.9 Å². The number of ether oxygens (including phenoxy) is 1. The first-order valence-electron chi connectivity index (χ1n) is 5.45. The van der Waals surface area contributed by atoms with Gasteiger partial charge in [-0.3, -0.25) is 10.1 Å². The van der Waals surface area contributed by atoms with E-state index < -0.39 is 0 Å². The Bertz CT molecular complexity index is 577. The predicted molar refractivity (Wildman–Crippen MR) is 66.8 cm³/mol. The largest absolute Gasteiger partial charge is 0.466 e. The van der Waals surface area contributed by atoms with Crippen LogP contribution < -0.4 is 10.1 Å². The lowest BCUT2D eigenvalue weighted by Crippen LogP contribution is -2.14. The molecule has 94 valence electrons.